The number of halogens is 1. The summed E-state index contributed by atoms with van der Waals surface area (Å²) in [5.41, 5.74) is 1.54. The molecule has 1 amide bonds. The first-order valence-corrected chi connectivity index (χ1v) is 6.62. The smallest absolute Gasteiger partial charge is 0.239 e. The Morgan fingerprint density at radius 3 is 2.72 bits per heavy atom. The molecule has 1 aromatic rings. The number of anilines is 1. The molecule has 0 aliphatic carbocycles. The van der Waals surface area contributed by atoms with Gasteiger partial charge in [0.15, 0.2) is 6.29 Å². The zero-order chi connectivity index (χ0) is 13.5. The van der Waals surface area contributed by atoms with E-state index < -0.39 is 0 Å². The summed E-state index contributed by atoms with van der Waals surface area (Å²) in [4.78, 5) is 24.2. The van der Waals surface area contributed by atoms with Gasteiger partial charge in [0.1, 0.15) is 0 Å². The van der Waals surface area contributed by atoms with Crippen LogP contribution in [0.5, 0.6) is 0 Å². The molecule has 18 heavy (non-hydrogen) atoms. The average Bonchev–Trinajstić information content (AvgIpc) is 2.38. The van der Waals surface area contributed by atoms with Gasteiger partial charge < -0.3 is 10.2 Å². The maximum absolute atomic E-state index is 11.5. The van der Waals surface area contributed by atoms with Gasteiger partial charge in [0.25, 0.3) is 0 Å². The fourth-order valence-electron chi connectivity index (χ4n) is 1.63. The predicted octanol–water partition coefficient (Wildman–Crippen LogP) is 2.22. The van der Waals surface area contributed by atoms with Gasteiger partial charge in [-0.25, -0.2) is 0 Å². The van der Waals surface area contributed by atoms with Gasteiger partial charge >= 0.3 is 0 Å². The molecule has 98 valence electrons. The van der Waals surface area contributed by atoms with Crippen LogP contribution < -0.4 is 10.2 Å². The van der Waals surface area contributed by atoms with Crippen LogP contribution in [0.25, 0.3) is 0 Å². The third-order valence-corrected chi connectivity index (χ3v) is 3.27. The summed E-state index contributed by atoms with van der Waals surface area (Å²) < 4.78 is 0.744. The van der Waals surface area contributed by atoms with E-state index in [0.29, 0.717) is 12.1 Å². The van der Waals surface area contributed by atoms with E-state index in [2.05, 4.69) is 28.2 Å². The van der Waals surface area contributed by atoms with E-state index in [-0.39, 0.29) is 5.91 Å². The van der Waals surface area contributed by atoms with Gasteiger partial charge in [-0.15, -0.1) is 0 Å². The molecule has 1 aromatic carbocycles. The third-order valence-electron chi connectivity index (χ3n) is 2.58. The fourth-order valence-corrected chi connectivity index (χ4v) is 2.09. The molecule has 1 N–H and O–H groups in total. The molecule has 0 aliphatic rings. The van der Waals surface area contributed by atoms with E-state index in [4.69, 9.17) is 0 Å². The van der Waals surface area contributed by atoms with Crippen molar-refractivity contribution in [3.63, 3.8) is 0 Å². The number of aldehydes is 1. The molecule has 0 unspecified atom stereocenters. The lowest BCUT2D eigenvalue weighted by atomic mass is 10.2. The van der Waals surface area contributed by atoms with Crippen molar-refractivity contribution in [1.82, 2.24) is 5.32 Å². The molecule has 1 rings (SSSR count). The van der Waals surface area contributed by atoms with Gasteiger partial charge in [-0.2, -0.15) is 0 Å². The van der Waals surface area contributed by atoms with E-state index in [1.807, 2.05) is 17.0 Å². The molecular weight excluding hydrogens is 296 g/mol. The number of rotatable bonds is 6. The molecular formula is C13H17BrN2O2. The number of nitrogens with zero attached hydrogens (tertiary/aromatic N) is 1. The van der Waals surface area contributed by atoms with Crippen LogP contribution in [0.1, 0.15) is 23.7 Å². The van der Waals surface area contributed by atoms with E-state index in [0.717, 1.165) is 29.4 Å². The van der Waals surface area contributed by atoms with Crippen LogP contribution in [0.3, 0.4) is 0 Å². The maximum atomic E-state index is 11.5. The lowest BCUT2D eigenvalue weighted by molar-refractivity contribution is -0.119. The number of carbonyl (C=O) groups excluding carboxylic acids is 2. The van der Waals surface area contributed by atoms with E-state index in [1.165, 1.54) is 0 Å². The molecule has 0 saturated carbocycles. The van der Waals surface area contributed by atoms with Crippen LogP contribution >= 0.6 is 15.9 Å². The van der Waals surface area contributed by atoms with Crippen LogP contribution in [0, 0.1) is 0 Å². The Labute approximate surface area is 115 Å². The molecule has 0 spiro atoms. The Morgan fingerprint density at radius 2 is 2.22 bits per heavy atom. The highest BCUT2D eigenvalue weighted by Gasteiger charge is 2.11. The number of nitrogens with one attached hydrogen (secondary N) is 1. The van der Waals surface area contributed by atoms with Crippen LogP contribution in [0.4, 0.5) is 5.69 Å². The summed E-state index contributed by atoms with van der Waals surface area (Å²) >= 11 is 3.35. The van der Waals surface area contributed by atoms with Crippen molar-refractivity contribution < 1.29 is 9.59 Å². The SMILES string of the molecule is CCCN(CC(=O)NC)c1ccc(C=O)c(Br)c1. The van der Waals surface area contributed by atoms with Crippen LogP contribution in [-0.4, -0.2) is 32.3 Å². The Kier molecular flexibility index (Phi) is 5.85. The molecule has 0 atom stereocenters. The first-order valence-electron chi connectivity index (χ1n) is 5.82. The Balaban J connectivity index is 2.94. The van der Waals surface area contributed by atoms with Gasteiger partial charge in [0.2, 0.25) is 5.91 Å². The van der Waals surface area contributed by atoms with E-state index in [9.17, 15) is 9.59 Å². The van der Waals surface area contributed by atoms with Gasteiger partial charge in [-0.3, -0.25) is 9.59 Å². The molecule has 0 radical (unpaired) electrons. The summed E-state index contributed by atoms with van der Waals surface area (Å²) in [5.74, 6) is -0.0287. The van der Waals surface area contributed by atoms with Crippen molar-refractivity contribution in [1.29, 1.82) is 0 Å². The van der Waals surface area contributed by atoms with E-state index >= 15 is 0 Å². The lowest BCUT2D eigenvalue weighted by Crippen LogP contribution is -2.36. The summed E-state index contributed by atoms with van der Waals surface area (Å²) in [5, 5.41) is 2.61. The maximum Gasteiger partial charge on any atom is 0.239 e. The van der Waals surface area contributed by atoms with Gasteiger partial charge in [-0.1, -0.05) is 6.92 Å². The quantitative estimate of drug-likeness (QED) is 0.819. The number of hydrogen-bond donors (Lipinski definition) is 1. The molecule has 0 aliphatic heterocycles. The molecule has 0 saturated heterocycles. The predicted molar refractivity (Wildman–Crippen MR) is 76.1 cm³/mol. The molecule has 4 nitrogen and oxygen atoms in total. The molecule has 5 heteroatoms. The lowest BCUT2D eigenvalue weighted by Gasteiger charge is -2.23. The zero-order valence-corrected chi connectivity index (χ0v) is 12.2. The first-order chi connectivity index (χ1) is 8.62. The Hall–Kier alpha value is -1.36. The number of carbonyl (C=O) groups is 2. The van der Waals surface area contributed by atoms with Crippen LogP contribution in [-0.2, 0) is 4.79 Å². The molecule has 0 bridgehead atoms. The normalized spacial score (nSPS) is 9.94. The highest BCUT2D eigenvalue weighted by Crippen LogP contribution is 2.23. The minimum absolute atomic E-state index is 0.0287. The zero-order valence-electron chi connectivity index (χ0n) is 10.6. The van der Waals surface area contributed by atoms with Gasteiger partial charge in [0, 0.05) is 29.3 Å². The van der Waals surface area contributed by atoms with Crippen molar-refractivity contribution in [2.45, 2.75) is 13.3 Å². The third kappa shape index (κ3) is 3.84. The standard InChI is InChI=1S/C13H17BrN2O2/c1-3-6-16(8-13(18)15-2)11-5-4-10(9-17)12(14)7-11/h4-5,7,9H,3,6,8H2,1-2H3,(H,15,18). The topological polar surface area (TPSA) is 49.4 Å². The number of likely N-dealkylation sites (N-methyl/N-ethyl adjacent to an activating group) is 1. The molecule has 0 heterocycles. The Morgan fingerprint density at radius 1 is 1.50 bits per heavy atom. The molecule has 0 aromatic heterocycles. The summed E-state index contributed by atoms with van der Waals surface area (Å²) in [6, 6.07) is 5.47. The van der Waals surface area contributed by atoms with Crippen LogP contribution in [0.2, 0.25) is 0 Å². The summed E-state index contributed by atoms with van der Waals surface area (Å²) in [6.07, 6.45) is 1.75. The van der Waals surface area contributed by atoms with Gasteiger partial charge in [-0.05, 0) is 40.5 Å². The average molecular weight is 313 g/mol. The second-order valence-corrected chi connectivity index (χ2v) is 4.77. The van der Waals surface area contributed by atoms with Crippen molar-refractivity contribution >= 4 is 33.8 Å². The number of amides is 1. The Bertz CT molecular complexity index is 435. The van der Waals surface area contributed by atoms with Crippen molar-refractivity contribution in [3.8, 4) is 0 Å². The fraction of sp³-hybridized carbons (Fsp3) is 0.385. The summed E-state index contributed by atoms with van der Waals surface area (Å²) in [7, 11) is 1.62. The number of benzene rings is 1. The minimum Gasteiger partial charge on any atom is -0.362 e. The molecule has 0 fully saturated rings. The first kappa shape index (κ1) is 14.7. The second-order valence-electron chi connectivity index (χ2n) is 3.92. The highest BCUT2D eigenvalue weighted by molar-refractivity contribution is 9.10. The van der Waals surface area contributed by atoms with Crippen molar-refractivity contribution in [2.24, 2.45) is 0 Å². The van der Waals surface area contributed by atoms with Crippen molar-refractivity contribution in [3.05, 3.63) is 28.2 Å². The monoisotopic (exact) mass is 312 g/mol. The van der Waals surface area contributed by atoms with Gasteiger partial charge in [0.05, 0.1) is 6.54 Å². The van der Waals surface area contributed by atoms with E-state index in [1.54, 1.807) is 13.1 Å². The van der Waals surface area contributed by atoms with Crippen molar-refractivity contribution in [2.75, 3.05) is 25.0 Å². The second kappa shape index (κ2) is 7.16. The highest BCUT2D eigenvalue weighted by atomic mass is 79.9. The van der Waals surface area contributed by atoms with Crippen LogP contribution in [0.15, 0.2) is 22.7 Å². The largest absolute Gasteiger partial charge is 0.362 e. The minimum atomic E-state index is -0.0287. The number of hydrogen-bond acceptors (Lipinski definition) is 3. The summed E-state index contributed by atoms with van der Waals surface area (Å²) in [6.45, 7) is 3.17.